The maximum absolute atomic E-state index is 12.7. The monoisotopic (exact) mass is 548 g/mol. The van der Waals surface area contributed by atoms with Crippen LogP contribution in [0.3, 0.4) is 0 Å². The van der Waals surface area contributed by atoms with Gasteiger partial charge in [0.25, 0.3) is 0 Å². The van der Waals surface area contributed by atoms with E-state index in [-0.39, 0.29) is 5.92 Å². The van der Waals surface area contributed by atoms with Crippen LogP contribution in [0.25, 0.3) is 10.9 Å². The van der Waals surface area contributed by atoms with Crippen LogP contribution in [0, 0.1) is 11.8 Å². The minimum Gasteiger partial charge on any atom is -0.497 e. The van der Waals surface area contributed by atoms with Crippen molar-refractivity contribution in [2.24, 2.45) is 11.8 Å². The number of carboxylic acids is 1. The third-order valence-electron chi connectivity index (χ3n) is 7.17. The zero-order valence-corrected chi connectivity index (χ0v) is 21.8. The quantitative estimate of drug-likeness (QED) is 0.306. The molecule has 1 aliphatic heterocycles. The summed E-state index contributed by atoms with van der Waals surface area (Å²) in [6.07, 6.45) is -1.71. The zero-order valence-electron chi connectivity index (χ0n) is 21.0. The molecule has 1 aliphatic rings. The number of carboxylic acid groups (broad SMARTS) is 1. The second kappa shape index (κ2) is 12.4. The van der Waals surface area contributed by atoms with Gasteiger partial charge in [-0.15, -0.1) is 11.8 Å². The van der Waals surface area contributed by atoms with E-state index >= 15 is 0 Å². The Morgan fingerprint density at radius 1 is 1.21 bits per heavy atom. The summed E-state index contributed by atoms with van der Waals surface area (Å²) in [4.78, 5) is 19.3. The van der Waals surface area contributed by atoms with E-state index in [9.17, 15) is 28.2 Å². The number of alkyl halides is 3. The normalized spacial score (nSPS) is 19.4. The van der Waals surface area contributed by atoms with Gasteiger partial charge in [-0.25, -0.2) is 0 Å². The van der Waals surface area contributed by atoms with Crippen LogP contribution < -0.4 is 4.74 Å². The maximum atomic E-state index is 12.7. The number of aliphatic carboxylic acids is 1. The van der Waals surface area contributed by atoms with E-state index < -0.39 is 29.7 Å². The van der Waals surface area contributed by atoms with E-state index in [1.807, 2.05) is 18.2 Å². The second-order valence-electron chi connectivity index (χ2n) is 9.54. The summed E-state index contributed by atoms with van der Waals surface area (Å²) in [5.41, 5.74) is 0.835. The van der Waals surface area contributed by atoms with Gasteiger partial charge in [-0.2, -0.15) is 13.2 Å². The number of aliphatic hydroxyl groups excluding tert-OH is 1. The first-order chi connectivity index (χ1) is 18.2. The highest BCUT2D eigenvalue weighted by Crippen LogP contribution is 2.34. The number of halogens is 3. The molecule has 1 aromatic heterocycles. The number of benzene rings is 2. The summed E-state index contributed by atoms with van der Waals surface area (Å²) >= 11 is 1.46. The minimum atomic E-state index is -4.35. The number of rotatable bonds is 10. The number of thioether (sulfide) groups is 1. The molecule has 2 aromatic carbocycles. The highest BCUT2D eigenvalue weighted by Gasteiger charge is 2.34. The largest absolute Gasteiger partial charge is 0.497 e. The Balaban J connectivity index is 1.30. The molecule has 4 rings (SSSR count). The van der Waals surface area contributed by atoms with Gasteiger partial charge in [0.1, 0.15) is 5.75 Å². The average molecular weight is 549 g/mol. The molecule has 38 heavy (non-hydrogen) atoms. The van der Waals surface area contributed by atoms with E-state index in [1.54, 1.807) is 19.4 Å². The number of hydrogen-bond donors (Lipinski definition) is 2. The number of methoxy groups -OCH3 is 1. The van der Waals surface area contributed by atoms with E-state index in [0.29, 0.717) is 43.9 Å². The Morgan fingerprint density at radius 2 is 1.97 bits per heavy atom. The lowest BCUT2D eigenvalue weighted by molar-refractivity contribution is -0.146. The van der Waals surface area contributed by atoms with Crippen molar-refractivity contribution in [3.63, 3.8) is 0 Å². The molecule has 204 valence electrons. The number of likely N-dealkylation sites (tertiary alicyclic amines) is 1. The van der Waals surface area contributed by atoms with Gasteiger partial charge in [-0.1, -0.05) is 0 Å². The van der Waals surface area contributed by atoms with Crippen LogP contribution in [0.1, 0.15) is 36.5 Å². The SMILES string of the molecule is COc1ccc2nccc([C@@H](O)CC[C@@H]3CCN(CCSc4ccc(C(F)(F)F)cc4)C[C@@H]3C(=O)O)c2c1. The average Bonchev–Trinajstić information content (AvgIpc) is 2.91. The Bertz CT molecular complexity index is 1240. The fourth-order valence-corrected chi connectivity index (χ4v) is 5.93. The number of hydrogen-bond acceptors (Lipinski definition) is 6. The predicted octanol–water partition coefficient (Wildman–Crippen LogP) is 5.89. The maximum Gasteiger partial charge on any atom is 0.416 e. The molecule has 0 saturated carbocycles. The van der Waals surface area contributed by atoms with Crippen molar-refractivity contribution in [2.45, 2.75) is 36.4 Å². The minimum absolute atomic E-state index is 0.0522. The number of nitrogens with zero attached hydrogens (tertiary/aromatic N) is 2. The van der Waals surface area contributed by atoms with Crippen molar-refractivity contribution in [3.8, 4) is 5.75 Å². The molecule has 10 heteroatoms. The van der Waals surface area contributed by atoms with Crippen LogP contribution in [0.5, 0.6) is 5.75 Å². The molecule has 3 atom stereocenters. The summed E-state index contributed by atoms with van der Waals surface area (Å²) in [5, 5.41) is 21.7. The number of fused-ring (bicyclic) bond motifs is 1. The van der Waals surface area contributed by atoms with Gasteiger partial charge in [0.15, 0.2) is 0 Å². The Hall–Kier alpha value is -2.82. The standard InChI is InChI=1S/C28H31F3N2O4S/c1-37-20-5-8-25-23(16-20)22(10-12-32-25)26(34)9-2-18-11-13-33(17-24(18)27(35)36)14-15-38-21-6-3-19(4-7-21)28(29,30)31/h3-8,10,12,16,18,24,26,34H,2,9,11,13-15,17H2,1H3,(H,35,36)/t18-,24+,26+/m1/s1. The van der Waals surface area contributed by atoms with Crippen LogP contribution in [-0.4, -0.2) is 58.6 Å². The van der Waals surface area contributed by atoms with Gasteiger partial charge in [0.05, 0.1) is 30.2 Å². The Kier molecular flexibility index (Phi) is 9.17. The van der Waals surface area contributed by atoms with Crippen LogP contribution >= 0.6 is 11.8 Å². The lowest BCUT2D eigenvalue weighted by atomic mass is 9.81. The van der Waals surface area contributed by atoms with E-state index in [4.69, 9.17) is 4.74 Å². The van der Waals surface area contributed by atoms with Gasteiger partial charge < -0.3 is 19.8 Å². The molecule has 2 N–H and O–H groups in total. The fraction of sp³-hybridized carbons (Fsp3) is 0.429. The molecule has 0 aliphatic carbocycles. The van der Waals surface area contributed by atoms with E-state index in [2.05, 4.69) is 9.88 Å². The smallest absolute Gasteiger partial charge is 0.416 e. The molecular weight excluding hydrogens is 517 g/mol. The van der Waals surface area contributed by atoms with Crippen molar-refractivity contribution in [3.05, 3.63) is 65.9 Å². The van der Waals surface area contributed by atoms with Crippen LogP contribution in [0.2, 0.25) is 0 Å². The Morgan fingerprint density at radius 3 is 2.66 bits per heavy atom. The summed E-state index contributed by atoms with van der Waals surface area (Å²) < 4.78 is 43.5. The lowest BCUT2D eigenvalue weighted by Gasteiger charge is -2.37. The van der Waals surface area contributed by atoms with Crippen molar-refractivity contribution in [1.29, 1.82) is 0 Å². The van der Waals surface area contributed by atoms with Crippen LogP contribution in [0.4, 0.5) is 13.2 Å². The molecule has 6 nitrogen and oxygen atoms in total. The third kappa shape index (κ3) is 6.98. The molecule has 1 fully saturated rings. The van der Waals surface area contributed by atoms with Gasteiger partial charge in [0.2, 0.25) is 0 Å². The van der Waals surface area contributed by atoms with Gasteiger partial charge in [0, 0.05) is 35.3 Å². The highest BCUT2D eigenvalue weighted by atomic mass is 32.2. The van der Waals surface area contributed by atoms with Crippen molar-refractivity contribution >= 4 is 28.6 Å². The summed E-state index contributed by atoms with van der Waals surface area (Å²) in [5.74, 6) is -0.109. The number of aromatic nitrogens is 1. The van der Waals surface area contributed by atoms with Gasteiger partial charge >= 0.3 is 12.1 Å². The number of piperidine rings is 1. The molecule has 0 spiro atoms. The molecule has 0 radical (unpaired) electrons. The summed E-state index contributed by atoms with van der Waals surface area (Å²) in [7, 11) is 1.58. The van der Waals surface area contributed by atoms with Crippen LogP contribution in [-0.2, 0) is 11.0 Å². The zero-order chi connectivity index (χ0) is 27.3. The molecule has 0 bridgehead atoms. The molecule has 3 aromatic rings. The first-order valence-electron chi connectivity index (χ1n) is 12.5. The van der Waals surface area contributed by atoms with Crippen molar-refractivity contribution in [1.82, 2.24) is 9.88 Å². The number of aliphatic hydroxyl groups is 1. The number of carbonyl (C=O) groups is 1. The third-order valence-corrected chi connectivity index (χ3v) is 8.16. The molecule has 1 saturated heterocycles. The number of pyridine rings is 1. The second-order valence-corrected chi connectivity index (χ2v) is 10.7. The molecule has 0 unspecified atom stereocenters. The van der Waals surface area contributed by atoms with Gasteiger partial charge in [-0.3, -0.25) is 9.78 Å². The first kappa shape index (κ1) is 28.2. The summed E-state index contributed by atoms with van der Waals surface area (Å²) in [6, 6.07) is 12.4. The fourth-order valence-electron chi connectivity index (χ4n) is 5.02. The van der Waals surface area contributed by atoms with Crippen LogP contribution in [0.15, 0.2) is 59.6 Å². The highest BCUT2D eigenvalue weighted by molar-refractivity contribution is 7.99. The van der Waals surface area contributed by atoms with E-state index in [0.717, 1.165) is 40.0 Å². The lowest BCUT2D eigenvalue weighted by Crippen LogP contribution is -2.44. The van der Waals surface area contributed by atoms with Gasteiger partial charge in [-0.05, 0) is 85.8 Å². The van der Waals surface area contributed by atoms with E-state index in [1.165, 1.54) is 23.9 Å². The summed E-state index contributed by atoms with van der Waals surface area (Å²) in [6.45, 7) is 1.81. The first-order valence-corrected chi connectivity index (χ1v) is 13.5. The topological polar surface area (TPSA) is 82.9 Å². The Labute approximate surface area is 223 Å². The van der Waals surface area contributed by atoms with Crippen molar-refractivity contribution in [2.75, 3.05) is 32.5 Å². The molecular formula is C28H31F3N2O4S. The molecule has 2 heterocycles. The predicted molar refractivity (Wildman–Crippen MR) is 140 cm³/mol. The molecule has 0 amide bonds. The van der Waals surface area contributed by atoms with Crippen molar-refractivity contribution < 1.29 is 32.9 Å². The number of ether oxygens (including phenoxy) is 1.